The molecule has 2 heterocycles. The largest absolute Gasteiger partial charge is 0.414 e. The molecule has 0 bridgehead atoms. The molecule has 0 saturated carbocycles. The van der Waals surface area contributed by atoms with Crippen LogP contribution in [0.3, 0.4) is 0 Å². The highest BCUT2D eigenvalue weighted by atomic mass is 28.4. The van der Waals surface area contributed by atoms with Crippen molar-refractivity contribution in [1.29, 1.82) is 0 Å². The van der Waals surface area contributed by atoms with Gasteiger partial charge in [-0.25, -0.2) is 4.79 Å². The number of nitrogens with one attached hydrogen (secondary N) is 1. The van der Waals surface area contributed by atoms with Crippen LogP contribution in [0.4, 0.5) is 0 Å². The standard InChI is InChI=1S/C16H24N4O5Si/c1-9-7-20(15(23)18-13(9)22)14-12(21)11(19-17)10(25-14)8-24-26(5,6)16(2,3)4/h7,10,14H,8H2,1-6H3,(H,18,22,23)/t10-,14-/m1/s1. The predicted octanol–water partition coefficient (Wildman–Crippen LogP) is 1.00. The number of rotatable bonds is 4. The predicted molar refractivity (Wildman–Crippen MR) is 96.8 cm³/mol. The lowest BCUT2D eigenvalue weighted by Gasteiger charge is -2.36. The van der Waals surface area contributed by atoms with Gasteiger partial charge >= 0.3 is 11.4 Å². The molecule has 1 aromatic rings. The van der Waals surface area contributed by atoms with E-state index >= 15 is 0 Å². The van der Waals surface area contributed by atoms with Gasteiger partial charge in [0.1, 0.15) is 0 Å². The van der Waals surface area contributed by atoms with E-state index in [1.54, 1.807) is 0 Å². The number of carbonyl (C=O) groups excluding carboxylic acids is 1. The van der Waals surface area contributed by atoms with Crippen LogP contribution in [0.25, 0.3) is 5.53 Å². The summed E-state index contributed by atoms with van der Waals surface area (Å²) in [6.07, 6.45) is -0.960. The molecule has 1 saturated heterocycles. The highest BCUT2D eigenvalue weighted by Crippen LogP contribution is 2.37. The highest BCUT2D eigenvalue weighted by molar-refractivity contribution is 6.74. The van der Waals surface area contributed by atoms with E-state index in [4.69, 9.17) is 9.16 Å². The van der Waals surface area contributed by atoms with Crippen molar-refractivity contribution >= 4 is 19.8 Å². The van der Waals surface area contributed by atoms with Gasteiger partial charge in [-0.3, -0.25) is 19.1 Å². The third-order valence-corrected chi connectivity index (χ3v) is 9.48. The topological polar surface area (TPSA) is 127 Å². The lowest BCUT2D eigenvalue weighted by atomic mass is 10.2. The van der Waals surface area contributed by atoms with E-state index in [2.05, 4.69) is 30.5 Å². The van der Waals surface area contributed by atoms with Crippen molar-refractivity contribution < 1.29 is 18.7 Å². The third-order valence-electron chi connectivity index (χ3n) is 4.98. The van der Waals surface area contributed by atoms with Gasteiger partial charge in [0.2, 0.25) is 6.23 Å². The summed E-state index contributed by atoms with van der Waals surface area (Å²) in [7, 11) is -2.11. The molecule has 0 aromatic carbocycles. The highest BCUT2D eigenvalue weighted by Gasteiger charge is 2.49. The fourth-order valence-electron chi connectivity index (χ4n) is 2.25. The summed E-state index contributed by atoms with van der Waals surface area (Å²) < 4.78 is 12.7. The number of hydrogen-bond donors (Lipinski definition) is 1. The third kappa shape index (κ3) is 3.68. The Morgan fingerprint density at radius 3 is 2.50 bits per heavy atom. The number of H-pyrrole nitrogens is 1. The Labute approximate surface area is 151 Å². The van der Waals surface area contributed by atoms with E-state index < -0.39 is 37.7 Å². The van der Waals surface area contributed by atoms with E-state index in [1.165, 1.54) is 13.1 Å². The van der Waals surface area contributed by atoms with Crippen LogP contribution in [0.5, 0.6) is 0 Å². The van der Waals surface area contributed by atoms with Crippen LogP contribution < -0.4 is 11.2 Å². The van der Waals surface area contributed by atoms with Crippen molar-refractivity contribution in [2.75, 3.05) is 6.61 Å². The lowest BCUT2D eigenvalue weighted by molar-refractivity contribution is -0.127. The van der Waals surface area contributed by atoms with Gasteiger partial charge in [0.25, 0.3) is 11.3 Å². The van der Waals surface area contributed by atoms with Crippen molar-refractivity contribution in [3.63, 3.8) is 0 Å². The normalized spacial score (nSPS) is 21.2. The van der Waals surface area contributed by atoms with E-state index in [-0.39, 0.29) is 22.9 Å². The van der Waals surface area contributed by atoms with Crippen molar-refractivity contribution in [1.82, 2.24) is 9.55 Å². The zero-order chi connectivity index (χ0) is 19.9. The molecule has 10 heteroatoms. The molecular formula is C16H24N4O5Si. The first kappa shape index (κ1) is 20.2. The zero-order valence-corrected chi connectivity index (χ0v) is 16.8. The lowest BCUT2D eigenvalue weighted by Crippen LogP contribution is -2.43. The molecule has 2 rings (SSSR count). The fourth-order valence-corrected chi connectivity index (χ4v) is 3.25. The van der Waals surface area contributed by atoms with Crippen molar-refractivity contribution in [2.45, 2.75) is 58.2 Å². The summed E-state index contributed by atoms with van der Waals surface area (Å²) in [5.41, 5.74) is 7.96. The number of aromatic nitrogens is 2. The van der Waals surface area contributed by atoms with E-state index in [1.807, 2.05) is 13.1 Å². The monoisotopic (exact) mass is 380 g/mol. The number of hydrogen-bond acceptors (Lipinski definition) is 5. The molecular weight excluding hydrogens is 356 g/mol. The average Bonchev–Trinajstić information content (AvgIpc) is 2.83. The first-order valence-corrected chi connectivity index (χ1v) is 11.2. The van der Waals surface area contributed by atoms with Gasteiger partial charge in [0.05, 0.1) is 6.61 Å². The number of ether oxygens (including phenoxy) is 1. The second-order valence-electron chi connectivity index (χ2n) is 7.88. The first-order valence-electron chi connectivity index (χ1n) is 8.26. The van der Waals surface area contributed by atoms with Crippen LogP contribution in [0.1, 0.15) is 32.6 Å². The summed E-state index contributed by atoms with van der Waals surface area (Å²) in [5, 5.41) is -0.0432. The van der Waals surface area contributed by atoms with Crippen LogP contribution in [0.15, 0.2) is 15.8 Å². The Morgan fingerprint density at radius 2 is 1.96 bits per heavy atom. The molecule has 0 aliphatic carbocycles. The van der Waals surface area contributed by atoms with Crippen molar-refractivity contribution in [3.8, 4) is 0 Å². The minimum absolute atomic E-state index is 0.0369. The molecule has 0 amide bonds. The molecule has 0 unspecified atom stereocenters. The molecule has 1 aliphatic rings. The van der Waals surface area contributed by atoms with Gasteiger partial charge in [-0.2, -0.15) is 4.79 Å². The van der Waals surface area contributed by atoms with Crippen molar-refractivity contribution in [3.05, 3.63) is 38.1 Å². The number of carbonyl (C=O) groups is 1. The Balaban J connectivity index is 2.29. The molecule has 9 nitrogen and oxygen atoms in total. The van der Waals surface area contributed by atoms with Gasteiger partial charge in [0.15, 0.2) is 14.4 Å². The molecule has 1 fully saturated rings. The number of ketones is 1. The van der Waals surface area contributed by atoms with Gasteiger partial charge in [-0.1, -0.05) is 20.8 Å². The van der Waals surface area contributed by atoms with Crippen molar-refractivity contribution in [2.24, 2.45) is 0 Å². The van der Waals surface area contributed by atoms with Crippen LogP contribution in [0.2, 0.25) is 18.1 Å². The summed E-state index contributed by atoms with van der Waals surface area (Å²) in [4.78, 5) is 41.2. The zero-order valence-electron chi connectivity index (χ0n) is 15.8. The van der Waals surface area contributed by atoms with Crippen LogP contribution in [-0.2, 0) is 14.0 Å². The molecule has 2 atom stereocenters. The van der Waals surface area contributed by atoms with Crippen LogP contribution >= 0.6 is 0 Å². The number of aryl methyl sites for hydroxylation is 1. The summed E-state index contributed by atoms with van der Waals surface area (Å²) >= 11 is 0. The molecule has 1 aliphatic heterocycles. The first-order chi connectivity index (χ1) is 11.9. The second kappa shape index (κ2) is 6.88. The summed E-state index contributed by atoms with van der Waals surface area (Å²) in [6, 6.07) is 0. The van der Waals surface area contributed by atoms with Gasteiger partial charge < -0.3 is 14.7 Å². The maximum atomic E-state index is 12.5. The van der Waals surface area contributed by atoms with E-state index in [0.717, 1.165) is 4.57 Å². The van der Waals surface area contributed by atoms with Gasteiger partial charge in [-0.15, -0.1) is 0 Å². The summed E-state index contributed by atoms with van der Waals surface area (Å²) in [5.74, 6) is -0.648. The molecule has 0 spiro atoms. The Bertz CT molecular complexity index is 889. The number of Topliss-reactive ketones (excluding diaryl/α,β-unsaturated/α-hetero) is 1. The molecule has 1 N–H and O–H groups in total. The summed E-state index contributed by atoms with van der Waals surface area (Å²) in [6.45, 7) is 11.9. The molecule has 0 radical (unpaired) electrons. The number of nitrogens with zero attached hydrogens (tertiary/aromatic N) is 3. The smallest absolute Gasteiger partial charge is 0.370 e. The Hall–Kier alpha value is -2.13. The van der Waals surface area contributed by atoms with E-state index in [9.17, 15) is 19.9 Å². The molecule has 26 heavy (non-hydrogen) atoms. The van der Waals surface area contributed by atoms with E-state index in [0.29, 0.717) is 0 Å². The average molecular weight is 380 g/mol. The quantitative estimate of drug-likeness (QED) is 0.474. The van der Waals surface area contributed by atoms with Gasteiger partial charge in [0, 0.05) is 11.8 Å². The minimum atomic E-state index is -2.11. The molecule has 1 aromatic heterocycles. The fraction of sp³-hybridized carbons (Fsp3) is 0.625. The Morgan fingerprint density at radius 1 is 1.35 bits per heavy atom. The van der Waals surface area contributed by atoms with Crippen LogP contribution in [-0.4, -0.2) is 46.9 Å². The molecule has 142 valence electrons. The second-order valence-corrected chi connectivity index (χ2v) is 12.7. The van der Waals surface area contributed by atoms with Gasteiger partial charge in [-0.05, 0) is 25.1 Å². The van der Waals surface area contributed by atoms with Crippen LogP contribution in [0, 0.1) is 6.92 Å². The maximum absolute atomic E-state index is 12.5. The maximum Gasteiger partial charge on any atom is 0.370 e. The SMILES string of the molecule is Cc1cn([C@@H]2O[C@H](CO[Si](C)(C)C(C)(C)C)C(=[N+]=[N-])C2=O)c(=O)[nH]c1=O. The Kier molecular flexibility index (Phi) is 5.34. The minimum Gasteiger partial charge on any atom is -0.414 e. The number of aromatic amines is 1.